The molecule has 2 heterocycles. The zero-order valence-electron chi connectivity index (χ0n) is 17.1. The molecule has 2 aromatic carbocycles. The lowest BCUT2D eigenvalue weighted by atomic mass is 9.84. The molecule has 0 amide bonds. The molecular weight excluding hydrogens is 328 g/mol. The number of hydrogen-bond acceptors (Lipinski definition) is 1. The molecular formula is C25H28N2. The molecule has 138 valence electrons. The summed E-state index contributed by atoms with van der Waals surface area (Å²) >= 11 is 0. The van der Waals surface area contributed by atoms with Crippen LogP contribution in [-0.4, -0.2) is 9.97 Å². The standard InChI is InChI=1S/C25H28N2/c1-24(2,3)19-8-7-9-22-18(19)15-23(27-22)16-10-11-21-17(14-16)20(12-13-26-21)25(4,5)6/h7-15,27H,1-6H3. The number of pyridine rings is 1. The summed E-state index contributed by atoms with van der Waals surface area (Å²) < 4.78 is 0. The third-order valence-electron chi connectivity index (χ3n) is 5.33. The van der Waals surface area contributed by atoms with Crippen LogP contribution >= 0.6 is 0 Å². The van der Waals surface area contributed by atoms with E-state index >= 15 is 0 Å². The van der Waals surface area contributed by atoms with E-state index < -0.39 is 0 Å². The fourth-order valence-electron chi connectivity index (χ4n) is 3.93. The fourth-order valence-corrected chi connectivity index (χ4v) is 3.93. The Hall–Kier alpha value is -2.61. The van der Waals surface area contributed by atoms with Crippen LogP contribution in [0.25, 0.3) is 33.1 Å². The van der Waals surface area contributed by atoms with Gasteiger partial charge in [0.05, 0.1) is 5.52 Å². The van der Waals surface area contributed by atoms with Gasteiger partial charge >= 0.3 is 0 Å². The number of fused-ring (bicyclic) bond motifs is 2. The van der Waals surface area contributed by atoms with Crippen LogP contribution in [0.15, 0.2) is 54.7 Å². The van der Waals surface area contributed by atoms with E-state index in [0.717, 1.165) is 11.2 Å². The molecule has 0 bridgehead atoms. The molecule has 4 aromatic rings. The average molecular weight is 357 g/mol. The second-order valence-electron chi connectivity index (χ2n) is 9.54. The smallest absolute Gasteiger partial charge is 0.0705 e. The maximum absolute atomic E-state index is 4.57. The van der Waals surface area contributed by atoms with E-state index in [0.29, 0.717) is 0 Å². The summed E-state index contributed by atoms with van der Waals surface area (Å²) in [5.74, 6) is 0. The molecule has 0 aliphatic heterocycles. The molecule has 0 saturated carbocycles. The minimum Gasteiger partial charge on any atom is -0.355 e. The summed E-state index contributed by atoms with van der Waals surface area (Å²) in [6.45, 7) is 13.6. The summed E-state index contributed by atoms with van der Waals surface area (Å²) in [6.07, 6.45) is 1.92. The summed E-state index contributed by atoms with van der Waals surface area (Å²) in [7, 11) is 0. The Labute approximate surface area is 161 Å². The number of H-pyrrole nitrogens is 1. The molecule has 0 atom stereocenters. The second kappa shape index (κ2) is 5.95. The molecule has 0 unspecified atom stereocenters. The topological polar surface area (TPSA) is 28.7 Å². The van der Waals surface area contributed by atoms with Gasteiger partial charge in [0, 0.05) is 28.2 Å². The van der Waals surface area contributed by atoms with E-state index in [9.17, 15) is 0 Å². The van der Waals surface area contributed by atoms with Gasteiger partial charge in [0.1, 0.15) is 0 Å². The zero-order valence-corrected chi connectivity index (χ0v) is 17.1. The number of aromatic nitrogens is 2. The minimum atomic E-state index is 0.0830. The summed E-state index contributed by atoms with van der Waals surface area (Å²) in [4.78, 5) is 8.20. The van der Waals surface area contributed by atoms with Crippen LogP contribution in [0.4, 0.5) is 0 Å². The van der Waals surface area contributed by atoms with E-state index in [-0.39, 0.29) is 10.8 Å². The van der Waals surface area contributed by atoms with E-state index in [4.69, 9.17) is 0 Å². The van der Waals surface area contributed by atoms with Crippen LogP contribution in [0.1, 0.15) is 52.7 Å². The quantitative estimate of drug-likeness (QED) is 0.391. The zero-order chi connectivity index (χ0) is 19.4. The van der Waals surface area contributed by atoms with Crippen LogP contribution in [0.5, 0.6) is 0 Å². The van der Waals surface area contributed by atoms with Crippen molar-refractivity contribution in [1.82, 2.24) is 9.97 Å². The largest absolute Gasteiger partial charge is 0.355 e. The molecule has 2 nitrogen and oxygen atoms in total. The molecule has 0 radical (unpaired) electrons. The monoisotopic (exact) mass is 356 g/mol. The van der Waals surface area contributed by atoms with Crippen molar-refractivity contribution in [3.05, 3.63) is 65.9 Å². The van der Waals surface area contributed by atoms with E-state index in [1.54, 1.807) is 0 Å². The number of rotatable bonds is 1. The maximum Gasteiger partial charge on any atom is 0.0705 e. The van der Waals surface area contributed by atoms with Gasteiger partial charge in [-0.3, -0.25) is 4.98 Å². The van der Waals surface area contributed by atoms with Crippen LogP contribution in [-0.2, 0) is 10.8 Å². The lowest BCUT2D eigenvalue weighted by molar-refractivity contribution is 0.595. The Morgan fingerprint density at radius 1 is 0.741 bits per heavy atom. The Morgan fingerprint density at radius 2 is 1.44 bits per heavy atom. The Bertz CT molecular complexity index is 1130. The lowest BCUT2D eigenvalue weighted by Crippen LogP contribution is -2.11. The molecule has 0 aliphatic carbocycles. The van der Waals surface area contributed by atoms with Crippen LogP contribution in [0.3, 0.4) is 0 Å². The number of nitrogens with zero attached hydrogens (tertiary/aromatic N) is 1. The van der Waals surface area contributed by atoms with Gasteiger partial charge in [-0.25, -0.2) is 0 Å². The second-order valence-corrected chi connectivity index (χ2v) is 9.54. The van der Waals surface area contributed by atoms with Gasteiger partial charge in [0.25, 0.3) is 0 Å². The van der Waals surface area contributed by atoms with Crippen molar-refractivity contribution in [3.8, 4) is 11.3 Å². The number of nitrogens with one attached hydrogen (secondary N) is 1. The van der Waals surface area contributed by atoms with E-state index in [2.05, 4.69) is 100 Å². The Balaban J connectivity index is 1.93. The predicted molar refractivity (Wildman–Crippen MR) is 116 cm³/mol. The highest BCUT2D eigenvalue weighted by molar-refractivity contribution is 5.92. The van der Waals surface area contributed by atoms with Crippen molar-refractivity contribution in [2.24, 2.45) is 0 Å². The Morgan fingerprint density at radius 3 is 2.15 bits per heavy atom. The molecule has 2 aromatic heterocycles. The van der Waals surface area contributed by atoms with Crippen molar-refractivity contribution in [2.45, 2.75) is 52.4 Å². The minimum absolute atomic E-state index is 0.0830. The van der Waals surface area contributed by atoms with Crippen molar-refractivity contribution < 1.29 is 0 Å². The highest BCUT2D eigenvalue weighted by Gasteiger charge is 2.19. The third-order valence-corrected chi connectivity index (χ3v) is 5.33. The normalized spacial score (nSPS) is 12.8. The molecule has 0 fully saturated rings. The highest BCUT2D eigenvalue weighted by atomic mass is 14.7. The first kappa shape index (κ1) is 17.8. The first-order chi connectivity index (χ1) is 12.6. The first-order valence-corrected chi connectivity index (χ1v) is 9.66. The highest BCUT2D eigenvalue weighted by Crippen LogP contribution is 2.35. The first-order valence-electron chi connectivity index (χ1n) is 9.66. The van der Waals surface area contributed by atoms with Crippen molar-refractivity contribution >= 4 is 21.8 Å². The molecule has 0 aliphatic rings. The van der Waals surface area contributed by atoms with Gasteiger partial charge in [-0.1, -0.05) is 59.7 Å². The number of benzene rings is 2. The van der Waals surface area contributed by atoms with Gasteiger partial charge in [0.15, 0.2) is 0 Å². The molecule has 1 N–H and O–H groups in total. The predicted octanol–water partition coefficient (Wildman–Crippen LogP) is 6.98. The van der Waals surface area contributed by atoms with E-state index in [1.807, 2.05) is 6.20 Å². The maximum atomic E-state index is 4.57. The van der Waals surface area contributed by atoms with Crippen molar-refractivity contribution in [3.63, 3.8) is 0 Å². The molecule has 0 saturated heterocycles. The molecule has 4 rings (SSSR count). The summed E-state index contributed by atoms with van der Waals surface area (Å²) in [6, 6.07) is 17.6. The van der Waals surface area contributed by atoms with Gasteiger partial charge in [0.2, 0.25) is 0 Å². The van der Waals surface area contributed by atoms with Crippen LogP contribution in [0, 0.1) is 0 Å². The van der Waals surface area contributed by atoms with E-state index in [1.165, 1.54) is 33.0 Å². The lowest BCUT2D eigenvalue weighted by Gasteiger charge is -2.21. The number of aromatic amines is 1. The summed E-state index contributed by atoms with van der Waals surface area (Å²) in [5.41, 5.74) is 7.52. The van der Waals surface area contributed by atoms with Gasteiger partial charge in [-0.05, 0) is 57.9 Å². The molecule has 0 spiro atoms. The fraction of sp³-hybridized carbons (Fsp3) is 0.320. The average Bonchev–Trinajstić information content (AvgIpc) is 3.03. The molecule has 2 heteroatoms. The molecule has 27 heavy (non-hydrogen) atoms. The van der Waals surface area contributed by atoms with Gasteiger partial charge in [-0.15, -0.1) is 0 Å². The SMILES string of the molecule is CC(C)(C)c1ccnc2ccc(-c3cc4c(C(C)(C)C)cccc4[nH]3)cc12. The summed E-state index contributed by atoms with van der Waals surface area (Å²) in [5, 5.41) is 2.54. The van der Waals surface area contributed by atoms with Gasteiger partial charge < -0.3 is 4.98 Å². The third kappa shape index (κ3) is 3.14. The Kier molecular flexibility index (Phi) is 3.92. The van der Waals surface area contributed by atoms with Gasteiger partial charge in [-0.2, -0.15) is 0 Å². The van der Waals surface area contributed by atoms with Crippen LogP contribution < -0.4 is 0 Å². The van der Waals surface area contributed by atoms with Crippen molar-refractivity contribution in [2.75, 3.05) is 0 Å². The number of hydrogen-bond donors (Lipinski definition) is 1. The van der Waals surface area contributed by atoms with Crippen LogP contribution in [0.2, 0.25) is 0 Å². The van der Waals surface area contributed by atoms with Crippen molar-refractivity contribution in [1.29, 1.82) is 0 Å².